The van der Waals surface area contributed by atoms with Crippen molar-refractivity contribution in [2.45, 2.75) is 71.6 Å². The van der Waals surface area contributed by atoms with Crippen LogP contribution in [0.1, 0.15) is 71.9 Å². The van der Waals surface area contributed by atoms with Gasteiger partial charge in [0.25, 0.3) is 0 Å². The van der Waals surface area contributed by atoms with Crippen LogP contribution in [-0.4, -0.2) is 24.4 Å². The molecule has 0 saturated heterocycles. The topological polar surface area (TPSA) is 6.25 Å². The molecule has 2 aromatic rings. The number of hydrogen-bond donors (Lipinski definition) is 0. The van der Waals surface area contributed by atoms with Gasteiger partial charge in [0.1, 0.15) is 7.05 Å². The molecule has 0 unspecified atom stereocenters. The Hall–Kier alpha value is -3.13. The molecule has 0 bridgehead atoms. The van der Waals surface area contributed by atoms with E-state index in [-0.39, 0.29) is 10.8 Å². The average molecular weight is 492 g/mol. The molecular formula is C35H43N2+. The Morgan fingerprint density at radius 1 is 0.838 bits per heavy atom. The van der Waals surface area contributed by atoms with Gasteiger partial charge >= 0.3 is 0 Å². The summed E-state index contributed by atoms with van der Waals surface area (Å²) in [4.78, 5) is 2.38. The Balaban J connectivity index is 1.52. The Morgan fingerprint density at radius 2 is 1.51 bits per heavy atom. The van der Waals surface area contributed by atoms with Crippen molar-refractivity contribution in [3.8, 4) is 0 Å². The highest BCUT2D eigenvalue weighted by Crippen LogP contribution is 2.47. The van der Waals surface area contributed by atoms with E-state index in [1.807, 2.05) is 0 Å². The van der Waals surface area contributed by atoms with E-state index in [1.165, 1.54) is 57.1 Å². The van der Waals surface area contributed by atoms with Crippen molar-refractivity contribution in [2.75, 3.05) is 19.0 Å². The third kappa shape index (κ3) is 4.15. The second kappa shape index (κ2) is 9.31. The second-order valence-electron chi connectivity index (χ2n) is 12.3. The first-order chi connectivity index (χ1) is 17.5. The van der Waals surface area contributed by atoms with E-state index in [4.69, 9.17) is 0 Å². The van der Waals surface area contributed by atoms with E-state index in [0.29, 0.717) is 5.92 Å². The van der Waals surface area contributed by atoms with Crippen LogP contribution < -0.4 is 4.90 Å². The summed E-state index contributed by atoms with van der Waals surface area (Å²) >= 11 is 0. The average Bonchev–Trinajstić information content (AvgIpc) is 3.19. The number of para-hydroxylation sites is 2. The third-order valence-corrected chi connectivity index (χ3v) is 8.93. The summed E-state index contributed by atoms with van der Waals surface area (Å²) in [5.41, 5.74) is 12.8. The van der Waals surface area contributed by atoms with Crippen molar-refractivity contribution in [1.29, 1.82) is 0 Å². The Labute approximate surface area is 224 Å². The van der Waals surface area contributed by atoms with Crippen LogP contribution in [0.2, 0.25) is 0 Å². The SMILES string of the molecule is CC(C)C1=C(/C=C/C2=[N+](C)c3ccccc3C2(C)C)CCC/C1=C\C=C1\N(C)c2ccccc2C1(C)C. The summed E-state index contributed by atoms with van der Waals surface area (Å²) < 4.78 is 2.38. The molecule has 0 fully saturated rings. The fourth-order valence-corrected chi connectivity index (χ4v) is 7.00. The first kappa shape index (κ1) is 25.5. The second-order valence-corrected chi connectivity index (χ2v) is 12.3. The van der Waals surface area contributed by atoms with Crippen LogP contribution in [0.4, 0.5) is 11.4 Å². The van der Waals surface area contributed by atoms with Crippen LogP contribution in [0, 0.1) is 5.92 Å². The van der Waals surface area contributed by atoms with E-state index >= 15 is 0 Å². The quantitative estimate of drug-likeness (QED) is 0.388. The standard InChI is InChI=1S/C35H43N2/c1-24(2)33-25(20-22-31-34(3,4)27-16-9-11-18-29(27)36(31)7)14-13-15-26(33)21-23-32-35(5,6)28-17-10-12-19-30(28)37(32)8/h9-12,16-24H,13-15H2,1-8H3/q+1. The molecule has 0 aromatic heterocycles. The number of hydrogen-bond acceptors (Lipinski definition) is 1. The Morgan fingerprint density at radius 3 is 2.19 bits per heavy atom. The van der Waals surface area contributed by atoms with Crippen molar-refractivity contribution >= 4 is 17.1 Å². The van der Waals surface area contributed by atoms with Gasteiger partial charge in [-0.3, -0.25) is 0 Å². The predicted molar refractivity (Wildman–Crippen MR) is 159 cm³/mol. The first-order valence-corrected chi connectivity index (χ1v) is 13.9. The normalized spacial score (nSPS) is 22.7. The number of likely N-dealkylation sites (N-methyl/N-ethyl adjacent to an activating group) is 1. The number of nitrogens with zero attached hydrogens (tertiary/aromatic N) is 2. The van der Waals surface area contributed by atoms with Crippen LogP contribution in [0.15, 0.2) is 95.3 Å². The van der Waals surface area contributed by atoms with Gasteiger partial charge in [0.2, 0.25) is 5.69 Å². The highest BCUT2D eigenvalue weighted by atomic mass is 15.2. The molecular weight excluding hydrogens is 448 g/mol. The summed E-state index contributed by atoms with van der Waals surface area (Å²) in [6.45, 7) is 14.1. The lowest BCUT2D eigenvalue weighted by Gasteiger charge is -2.26. The lowest BCUT2D eigenvalue weighted by atomic mass is 9.79. The minimum Gasteiger partial charge on any atom is -0.347 e. The van der Waals surface area contributed by atoms with Gasteiger partial charge in [-0.05, 0) is 73.5 Å². The molecule has 1 aliphatic carbocycles. The highest BCUT2D eigenvalue weighted by Gasteiger charge is 2.42. The zero-order valence-corrected chi connectivity index (χ0v) is 24.0. The lowest BCUT2D eigenvalue weighted by molar-refractivity contribution is -0.401. The van der Waals surface area contributed by atoms with Gasteiger partial charge in [-0.2, -0.15) is 4.58 Å². The van der Waals surface area contributed by atoms with E-state index in [9.17, 15) is 0 Å². The van der Waals surface area contributed by atoms with Gasteiger partial charge < -0.3 is 4.90 Å². The highest BCUT2D eigenvalue weighted by molar-refractivity contribution is 6.03. The van der Waals surface area contributed by atoms with Gasteiger partial charge in [0.05, 0.1) is 5.41 Å². The van der Waals surface area contributed by atoms with Gasteiger partial charge in [-0.1, -0.05) is 76.2 Å². The monoisotopic (exact) mass is 491 g/mol. The summed E-state index contributed by atoms with van der Waals surface area (Å²) in [5.74, 6) is 0.493. The number of fused-ring (bicyclic) bond motifs is 2. The number of benzene rings is 2. The van der Waals surface area contributed by atoms with Gasteiger partial charge in [-0.15, -0.1) is 0 Å². The third-order valence-electron chi connectivity index (χ3n) is 8.93. The molecule has 0 atom stereocenters. The van der Waals surface area contributed by atoms with Gasteiger partial charge in [0, 0.05) is 41.6 Å². The van der Waals surface area contributed by atoms with Crippen molar-refractivity contribution < 1.29 is 4.58 Å². The van der Waals surface area contributed by atoms with Crippen molar-refractivity contribution in [3.63, 3.8) is 0 Å². The molecule has 2 heterocycles. The van der Waals surface area contributed by atoms with Crippen molar-refractivity contribution in [2.24, 2.45) is 5.92 Å². The Kier molecular flexibility index (Phi) is 6.42. The smallest absolute Gasteiger partial charge is 0.209 e. The maximum atomic E-state index is 2.43. The molecule has 192 valence electrons. The number of rotatable bonds is 4. The first-order valence-electron chi connectivity index (χ1n) is 13.9. The molecule has 2 aliphatic heterocycles. The molecule has 0 radical (unpaired) electrons. The number of allylic oxidation sites excluding steroid dienone is 8. The molecule has 5 rings (SSSR count). The molecule has 2 nitrogen and oxygen atoms in total. The number of anilines is 1. The molecule has 2 heteroatoms. The molecule has 0 saturated carbocycles. The molecule has 3 aliphatic rings. The summed E-state index contributed by atoms with van der Waals surface area (Å²) in [6, 6.07) is 17.7. The maximum Gasteiger partial charge on any atom is 0.209 e. The molecule has 0 spiro atoms. The zero-order chi connectivity index (χ0) is 26.5. The van der Waals surface area contributed by atoms with E-state index in [1.54, 1.807) is 0 Å². The minimum absolute atomic E-state index is 0.00575. The largest absolute Gasteiger partial charge is 0.347 e. The lowest BCUT2D eigenvalue weighted by Crippen LogP contribution is -2.26. The van der Waals surface area contributed by atoms with Crippen molar-refractivity contribution in [1.82, 2.24) is 0 Å². The van der Waals surface area contributed by atoms with Crippen molar-refractivity contribution in [3.05, 3.63) is 106 Å². The molecule has 0 N–H and O–H groups in total. The summed E-state index contributed by atoms with van der Waals surface area (Å²) in [6.07, 6.45) is 13.2. The summed E-state index contributed by atoms with van der Waals surface area (Å²) in [7, 11) is 4.42. The van der Waals surface area contributed by atoms with Crippen LogP contribution in [0.25, 0.3) is 0 Å². The predicted octanol–water partition coefficient (Wildman–Crippen LogP) is 8.62. The Bertz CT molecular complexity index is 1390. The van der Waals surface area contributed by atoms with Crippen LogP contribution in [0.5, 0.6) is 0 Å². The van der Waals surface area contributed by atoms with E-state index < -0.39 is 0 Å². The molecule has 2 aromatic carbocycles. The van der Waals surface area contributed by atoms with Gasteiger partial charge in [0.15, 0.2) is 5.71 Å². The molecule has 0 amide bonds. The molecule has 37 heavy (non-hydrogen) atoms. The van der Waals surface area contributed by atoms with E-state index in [2.05, 4.69) is 138 Å². The summed E-state index contributed by atoms with van der Waals surface area (Å²) in [5, 5.41) is 0. The van der Waals surface area contributed by atoms with Crippen LogP contribution in [-0.2, 0) is 10.8 Å². The minimum atomic E-state index is 0.00575. The van der Waals surface area contributed by atoms with E-state index in [0.717, 1.165) is 12.8 Å². The van der Waals surface area contributed by atoms with Crippen LogP contribution in [0.3, 0.4) is 0 Å². The fourth-order valence-electron chi connectivity index (χ4n) is 7.00. The van der Waals surface area contributed by atoms with Crippen LogP contribution >= 0.6 is 0 Å². The van der Waals surface area contributed by atoms with Gasteiger partial charge in [-0.25, -0.2) is 0 Å². The zero-order valence-electron chi connectivity index (χ0n) is 24.0. The maximum absolute atomic E-state index is 2.43. The fraction of sp³-hybridized carbons (Fsp3) is 0.400.